The molecule has 1 aliphatic rings. The van der Waals surface area contributed by atoms with Gasteiger partial charge in [0, 0.05) is 24.8 Å². The Morgan fingerprint density at radius 2 is 2.04 bits per heavy atom. The maximum Gasteiger partial charge on any atom is 0.252 e. The number of nitrogens with two attached hydrogens (primary N) is 1. The lowest BCUT2D eigenvalue weighted by molar-refractivity contribution is 0.100. The van der Waals surface area contributed by atoms with Gasteiger partial charge in [-0.25, -0.2) is 4.39 Å². The van der Waals surface area contributed by atoms with Crippen molar-refractivity contribution in [1.82, 2.24) is 10.2 Å². The number of nitrogens with zero attached hydrogens (tertiary/aromatic N) is 3. The molecule has 0 unspecified atom stereocenters. The molecule has 24 heavy (non-hydrogen) atoms. The van der Waals surface area contributed by atoms with Crippen molar-refractivity contribution >= 4 is 29.0 Å². The van der Waals surface area contributed by atoms with Crippen LogP contribution in [0.15, 0.2) is 30.3 Å². The fourth-order valence-corrected chi connectivity index (χ4v) is 2.96. The van der Waals surface area contributed by atoms with Gasteiger partial charge in [0.25, 0.3) is 5.91 Å². The second-order valence-electron chi connectivity index (χ2n) is 5.68. The number of primary amides is 1. The predicted octanol–water partition coefficient (Wildman–Crippen LogP) is 2.45. The molecule has 8 heteroatoms. The Morgan fingerprint density at radius 3 is 2.71 bits per heavy atom. The lowest BCUT2D eigenvalue weighted by Crippen LogP contribution is -2.39. The van der Waals surface area contributed by atoms with E-state index in [2.05, 4.69) is 20.4 Å². The van der Waals surface area contributed by atoms with Crippen LogP contribution in [0.3, 0.4) is 0 Å². The summed E-state index contributed by atoms with van der Waals surface area (Å²) in [7, 11) is 0. The molecule has 3 N–H and O–H groups in total. The molecule has 1 aromatic heterocycles. The number of piperidine rings is 1. The summed E-state index contributed by atoms with van der Waals surface area (Å²) in [5.41, 5.74) is 6.45. The Kier molecular flexibility index (Phi) is 4.80. The Bertz CT molecular complexity index is 749. The highest BCUT2D eigenvalue weighted by molar-refractivity contribution is 6.29. The van der Waals surface area contributed by atoms with Gasteiger partial charge in [-0.3, -0.25) is 4.79 Å². The predicted molar refractivity (Wildman–Crippen MR) is 90.8 cm³/mol. The summed E-state index contributed by atoms with van der Waals surface area (Å²) in [4.78, 5) is 13.6. The number of hydrogen-bond donors (Lipinski definition) is 2. The number of aromatic nitrogens is 2. The van der Waals surface area contributed by atoms with Crippen LogP contribution in [0.4, 0.5) is 15.9 Å². The summed E-state index contributed by atoms with van der Waals surface area (Å²) in [5.74, 6) is -0.502. The zero-order valence-corrected chi connectivity index (χ0v) is 13.6. The summed E-state index contributed by atoms with van der Waals surface area (Å²) in [6.45, 7) is 1.54. The van der Waals surface area contributed by atoms with Gasteiger partial charge in [-0.2, -0.15) is 0 Å². The zero-order chi connectivity index (χ0) is 17.1. The summed E-state index contributed by atoms with van der Waals surface area (Å²) in [5, 5.41) is 11.0. The number of carbonyl (C=O) groups excluding carboxylic acids is 1. The molecule has 2 aromatic rings. The van der Waals surface area contributed by atoms with Crippen molar-refractivity contribution in [2.45, 2.75) is 18.9 Å². The van der Waals surface area contributed by atoms with Crippen molar-refractivity contribution in [2.75, 3.05) is 23.3 Å². The van der Waals surface area contributed by atoms with E-state index in [1.165, 1.54) is 18.2 Å². The molecule has 6 nitrogen and oxygen atoms in total. The van der Waals surface area contributed by atoms with Gasteiger partial charge in [0.15, 0.2) is 11.0 Å². The smallest absolute Gasteiger partial charge is 0.252 e. The average molecular weight is 350 g/mol. The van der Waals surface area contributed by atoms with Crippen LogP contribution in [0.1, 0.15) is 23.2 Å². The summed E-state index contributed by atoms with van der Waals surface area (Å²) in [6.07, 6.45) is 1.64. The van der Waals surface area contributed by atoms with Crippen LogP contribution >= 0.6 is 11.6 Å². The molecule has 0 atom stereocenters. The van der Waals surface area contributed by atoms with Gasteiger partial charge in [0.05, 0.1) is 5.56 Å². The van der Waals surface area contributed by atoms with E-state index in [1.54, 1.807) is 6.07 Å². The molecule has 1 saturated heterocycles. The number of rotatable bonds is 4. The Labute approximate surface area is 143 Å². The van der Waals surface area contributed by atoms with Crippen molar-refractivity contribution in [3.05, 3.63) is 46.9 Å². The number of carbonyl (C=O) groups is 1. The largest absolute Gasteiger partial charge is 0.371 e. The van der Waals surface area contributed by atoms with E-state index in [4.69, 9.17) is 17.3 Å². The van der Waals surface area contributed by atoms with Gasteiger partial charge in [0.2, 0.25) is 0 Å². The maximum absolute atomic E-state index is 13.3. The summed E-state index contributed by atoms with van der Waals surface area (Å²) < 4.78 is 13.3. The minimum Gasteiger partial charge on any atom is -0.371 e. The molecule has 0 radical (unpaired) electrons. The number of amides is 1. The van der Waals surface area contributed by atoms with E-state index < -0.39 is 5.91 Å². The summed E-state index contributed by atoms with van der Waals surface area (Å²) in [6, 6.07) is 8.10. The highest BCUT2D eigenvalue weighted by atomic mass is 35.5. The molecule has 1 fully saturated rings. The molecular formula is C16H17ClFN5O. The van der Waals surface area contributed by atoms with E-state index in [0.29, 0.717) is 5.82 Å². The van der Waals surface area contributed by atoms with Crippen molar-refractivity contribution in [3.8, 4) is 0 Å². The van der Waals surface area contributed by atoms with Crippen molar-refractivity contribution in [1.29, 1.82) is 0 Å². The standard InChI is InChI=1S/C16H17ClFN5O/c17-14-9-13(15(19)24)16(22-21-14)20-11-4-6-23(7-5-11)12-3-1-2-10(18)8-12/h1-3,8-9,11H,4-7H2,(H2,19,24)(H,20,22). The highest BCUT2D eigenvalue weighted by Crippen LogP contribution is 2.23. The number of nitrogens with one attached hydrogen (secondary N) is 1. The topological polar surface area (TPSA) is 84.1 Å². The van der Waals surface area contributed by atoms with Crippen LogP contribution in [0.2, 0.25) is 5.15 Å². The van der Waals surface area contributed by atoms with E-state index in [1.807, 2.05) is 6.07 Å². The van der Waals surface area contributed by atoms with E-state index in [9.17, 15) is 9.18 Å². The number of anilines is 2. The minimum absolute atomic E-state index is 0.121. The van der Waals surface area contributed by atoms with Crippen molar-refractivity contribution in [3.63, 3.8) is 0 Å². The Balaban J connectivity index is 1.65. The van der Waals surface area contributed by atoms with Gasteiger partial charge in [-0.05, 0) is 37.1 Å². The van der Waals surface area contributed by atoms with Gasteiger partial charge in [-0.1, -0.05) is 17.7 Å². The lowest BCUT2D eigenvalue weighted by atomic mass is 10.0. The monoisotopic (exact) mass is 349 g/mol. The molecular weight excluding hydrogens is 333 g/mol. The van der Waals surface area contributed by atoms with E-state index in [-0.39, 0.29) is 22.6 Å². The molecule has 126 valence electrons. The fraction of sp³-hybridized carbons (Fsp3) is 0.312. The van der Waals surface area contributed by atoms with Crippen LogP contribution in [-0.2, 0) is 0 Å². The molecule has 1 aromatic carbocycles. The molecule has 0 saturated carbocycles. The molecule has 0 spiro atoms. The normalized spacial score (nSPS) is 15.3. The van der Waals surface area contributed by atoms with Crippen LogP contribution in [0.5, 0.6) is 0 Å². The molecule has 0 bridgehead atoms. The fourth-order valence-electron chi connectivity index (χ4n) is 2.81. The number of hydrogen-bond acceptors (Lipinski definition) is 5. The number of halogens is 2. The third kappa shape index (κ3) is 3.73. The van der Waals surface area contributed by atoms with Crippen molar-refractivity contribution < 1.29 is 9.18 Å². The number of benzene rings is 1. The first-order chi connectivity index (χ1) is 11.5. The second kappa shape index (κ2) is 7.00. The molecule has 2 heterocycles. The maximum atomic E-state index is 13.3. The lowest BCUT2D eigenvalue weighted by Gasteiger charge is -2.34. The molecule has 0 aliphatic carbocycles. The van der Waals surface area contributed by atoms with E-state index in [0.717, 1.165) is 31.6 Å². The average Bonchev–Trinajstić information content (AvgIpc) is 2.57. The van der Waals surface area contributed by atoms with Gasteiger partial charge in [0.1, 0.15) is 5.82 Å². The second-order valence-corrected chi connectivity index (χ2v) is 6.07. The quantitative estimate of drug-likeness (QED) is 0.885. The first kappa shape index (κ1) is 16.4. The zero-order valence-electron chi connectivity index (χ0n) is 12.9. The summed E-state index contributed by atoms with van der Waals surface area (Å²) >= 11 is 5.76. The van der Waals surface area contributed by atoms with Crippen molar-refractivity contribution in [2.24, 2.45) is 5.73 Å². The van der Waals surface area contributed by atoms with E-state index >= 15 is 0 Å². The van der Waals surface area contributed by atoms with Crippen LogP contribution in [0, 0.1) is 5.82 Å². The molecule has 1 amide bonds. The van der Waals surface area contributed by atoms with Gasteiger partial charge >= 0.3 is 0 Å². The Hall–Kier alpha value is -2.41. The third-order valence-electron chi connectivity index (χ3n) is 4.04. The Morgan fingerprint density at radius 1 is 1.29 bits per heavy atom. The minimum atomic E-state index is -0.605. The highest BCUT2D eigenvalue weighted by Gasteiger charge is 2.22. The van der Waals surface area contributed by atoms with Crippen LogP contribution in [0.25, 0.3) is 0 Å². The van der Waals surface area contributed by atoms with Gasteiger partial charge < -0.3 is 16.0 Å². The van der Waals surface area contributed by atoms with Gasteiger partial charge in [-0.15, -0.1) is 10.2 Å². The molecule has 1 aliphatic heterocycles. The molecule has 3 rings (SSSR count). The SMILES string of the molecule is NC(=O)c1cc(Cl)nnc1NC1CCN(c2cccc(F)c2)CC1. The third-order valence-corrected chi connectivity index (χ3v) is 4.22. The first-order valence-corrected chi connectivity index (χ1v) is 8.01. The van der Waals surface area contributed by atoms with Crippen LogP contribution in [-0.4, -0.2) is 35.2 Å². The first-order valence-electron chi connectivity index (χ1n) is 7.63. The van der Waals surface area contributed by atoms with Crippen LogP contribution < -0.4 is 16.0 Å².